The Balaban J connectivity index is 1.93. The fourth-order valence-corrected chi connectivity index (χ4v) is 2.07. The lowest BCUT2D eigenvalue weighted by Crippen LogP contribution is -2.22. The molecule has 5 heteroatoms. The molecule has 0 saturated carbocycles. The molecule has 0 aromatic carbocycles. The maximum Gasteiger partial charge on any atom is 0.158 e. The molecule has 1 aliphatic rings. The molecule has 3 nitrogen and oxygen atoms in total. The average molecular weight is 262 g/mol. The maximum absolute atomic E-state index is 5.98. The van der Waals surface area contributed by atoms with Crippen LogP contribution in [0, 0.1) is 0 Å². The normalized spacial score (nSPS) is 21.0. The van der Waals surface area contributed by atoms with Gasteiger partial charge in [-0.2, -0.15) is 0 Å². The summed E-state index contributed by atoms with van der Waals surface area (Å²) in [6.07, 6.45) is 6.18. The molecule has 1 aromatic rings. The lowest BCUT2D eigenvalue weighted by Gasteiger charge is -2.23. The zero-order valence-electron chi connectivity index (χ0n) is 8.79. The zero-order valence-corrected chi connectivity index (χ0v) is 10.3. The number of pyridine rings is 1. The summed E-state index contributed by atoms with van der Waals surface area (Å²) in [7, 11) is 0. The molecule has 1 atom stereocenters. The van der Waals surface area contributed by atoms with Gasteiger partial charge in [0.25, 0.3) is 0 Å². The van der Waals surface area contributed by atoms with E-state index in [9.17, 15) is 0 Å². The standard InChI is InChI=1S/C11H13Cl2NO2/c12-9-5-14-6-10(13)8(9)7-16-11-3-1-2-4-15-11/h5-6,11H,1-4,7H2. The Labute approximate surface area is 105 Å². The highest BCUT2D eigenvalue weighted by Crippen LogP contribution is 2.25. The van der Waals surface area contributed by atoms with Crippen LogP contribution in [0.1, 0.15) is 24.8 Å². The van der Waals surface area contributed by atoms with Gasteiger partial charge in [-0.3, -0.25) is 4.98 Å². The van der Waals surface area contributed by atoms with Crippen molar-refractivity contribution in [1.82, 2.24) is 4.98 Å². The van der Waals surface area contributed by atoms with Crippen molar-refractivity contribution in [3.8, 4) is 0 Å². The van der Waals surface area contributed by atoms with Gasteiger partial charge in [-0.15, -0.1) is 0 Å². The van der Waals surface area contributed by atoms with Crippen molar-refractivity contribution in [2.75, 3.05) is 6.61 Å². The molecule has 0 amide bonds. The first kappa shape index (κ1) is 12.1. The molecule has 1 aliphatic heterocycles. The summed E-state index contributed by atoms with van der Waals surface area (Å²) in [6, 6.07) is 0. The van der Waals surface area contributed by atoms with E-state index in [2.05, 4.69) is 4.98 Å². The number of hydrogen-bond acceptors (Lipinski definition) is 3. The maximum atomic E-state index is 5.98. The van der Waals surface area contributed by atoms with Gasteiger partial charge in [0.2, 0.25) is 0 Å². The van der Waals surface area contributed by atoms with Gasteiger partial charge in [-0.25, -0.2) is 0 Å². The molecule has 1 aromatic heterocycles. The third kappa shape index (κ3) is 3.08. The fraction of sp³-hybridized carbons (Fsp3) is 0.545. The predicted octanol–water partition coefficient (Wildman–Crippen LogP) is 3.43. The molecular weight excluding hydrogens is 249 g/mol. The van der Waals surface area contributed by atoms with Gasteiger partial charge in [0.15, 0.2) is 6.29 Å². The second kappa shape index (κ2) is 5.82. The van der Waals surface area contributed by atoms with Crippen LogP contribution in [0.5, 0.6) is 0 Å². The Morgan fingerprint density at radius 2 is 2.06 bits per heavy atom. The van der Waals surface area contributed by atoms with Gasteiger partial charge in [-0.05, 0) is 19.3 Å². The van der Waals surface area contributed by atoms with E-state index in [1.54, 1.807) is 12.4 Å². The van der Waals surface area contributed by atoms with Crippen LogP contribution in [0.4, 0.5) is 0 Å². The highest BCUT2D eigenvalue weighted by molar-refractivity contribution is 6.35. The second-order valence-corrected chi connectivity index (χ2v) is 4.50. The molecule has 2 rings (SSSR count). The first-order chi connectivity index (χ1) is 7.77. The number of nitrogens with zero attached hydrogens (tertiary/aromatic N) is 1. The summed E-state index contributed by atoms with van der Waals surface area (Å²) in [6.45, 7) is 1.13. The van der Waals surface area contributed by atoms with Crippen LogP contribution >= 0.6 is 23.2 Å². The summed E-state index contributed by atoms with van der Waals surface area (Å²) in [5, 5.41) is 1.06. The number of aromatic nitrogens is 1. The van der Waals surface area contributed by atoms with Gasteiger partial charge in [0.05, 0.1) is 16.7 Å². The Bertz CT molecular complexity index is 334. The molecule has 2 heterocycles. The number of rotatable bonds is 3. The Kier molecular flexibility index (Phi) is 4.41. The summed E-state index contributed by atoms with van der Waals surface area (Å²) < 4.78 is 11.1. The minimum atomic E-state index is -0.131. The highest BCUT2D eigenvalue weighted by atomic mass is 35.5. The lowest BCUT2D eigenvalue weighted by atomic mass is 10.2. The van der Waals surface area contributed by atoms with Crippen molar-refractivity contribution >= 4 is 23.2 Å². The summed E-state index contributed by atoms with van der Waals surface area (Å²) in [5.74, 6) is 0. The molecule has 0 radical (unpaired) electrons. The van der Waals surface area contributed by atoms with E-state index in [1.165, 1.54) is 0 Å². The second-order valence-electron chi connectivity index (χ2n) is 3.69. The van der Waals surface area contributed by atoms with E-state index in [0.29, 0.717) is 16.7 Å². The third-order valence-corrected chi connectivity index (χ3v) is 3.16. The van der Waals surface area contributed by atoms with Crippen LogP contribution in [0.25, 0.3) is 0 Å². The number of halogens is 2. The zero-order chi connectivity index (χ0) is 11.4. The van der Waals surface area contributed by atoms with Crippen molar-refractivity contribution in [3.63, 3.8) is 0 Å². The van der Waals surface area contributed by atoms with Gasteiger partial charge < -0.3 is 9.47 Å². The van der Waals surface area contributed by atoms with E-state index in [4.69, 9.17) is 32.7 Å². The van der Waals surface area contributed by atoms with Crippen LogP contribution in [0.2, 0.25) is 10.0 Å². The van der Waals surface area contributed by atoms with Crippen LogP contribution in [-0.4, -0.2) is 17.9 Å². The lowest BCUT2D eigenvalue weighted by molar-refractivity contribution is -0.168. The van der Waals surface area contributed by atoms with E-state index < -0.39 is 0 Å². The van der Waals surface area contributed by atoms with Gasteiger partial charge in [0.1, 0.15) is 0 Å². The molecule has 88 valence electrons. The van der Waals surface area contributed by atoms with Crippen molar-refractivity contribution in [2.45, 2.75) is 32.2 Å². The molecule has 16 heavy (non-hydrogen) atoms. The molecule has 0 bridgehead atoms. The van der Waals surface area contributed by atoms with E-state index in [0.717, 1.165) is 31.4 Å². The molecule has 1 saturated heterocycles. The Morgan fingerprint density at radius 3 is 2.69 bits per heavy atom. The van der Waals surface area contributed by atoms with Crippen LogP contribution < -0.4 is 0 Å². The fourth-order valence-electron chi connectivity index (χ4n) is 1.59. The van der Waals surface area contributed by atoms with E-state index >= 15 is 0 Å². The molecule has 1 fully saturated rings. The molecule has 1 unspecified atom stereocenters. The van der Waals surface area contributed by atoms with E-state index in [1.807, 2.05) is 0 Å². The van der Waals surface area contributed by atoms with Crippen LogP contribution in [0.15, 0.2) is 12.4 Å². The first-order valence-electron chi connectivity index (χ1n) is 5.28. The summed E-state index contributed by atoms with van der Waals surface area (Å²) >= 11 is 12.0. The molecule has 0 spiro atoms. The molecule has 0 N–H and O–H groups in total. The first-order valence-corrected chi connectivity index (χ1v) is 6.04. The number of hydrogen-bond donors (Lipinski definition) is 0. The van der Waals surface area contributed by atoms with E-state index in [-0.39, 0.29) is 6.29 Å². The highest BCUT2D eigenvalue weighted by Gasteiger charge is 2.15. The van der Waals surface area contributed by atoms with Crippen molar-refractivity contribution in [1.29, 1.82) is 0 Å². The number of ether oxygens (including phenoxy) is 2. The van der Waals surface area contributed by atoms with Crippen LogP contribution in [0.3, 0.4) is 0 Å². The van der Waals surface area contributed by atoms with Gasteiger partial charge in [-0.1, -0.05) is 23.2 Å². The quantitative estimate of drug-likeness (QED) is 0.836. The van der Waals surface area contributed by atoms with Crippen molar-refractivity contribution in [2.24, 2.45) is 0 Å². The van der Waals surface area contributed by atoms with Crippen molar-refractivity contribution < 1.29 is 9.47 Å². The molecular formula is C11H13Cl2NO2. The minimum Gasteiger partial charge on any atom is -0.353 e. The third-order valence-electron chi connectivity index (χ3n) is 2.50. The molecule has 0 aliphatic carbocycles. The van der Waals surface area contributed by atoms with Crippen molar-refractivity contribution in [3.05, 3.63) is 28.0 Å². The predicted molar refractivity (Wildman–Crippen MR) is 62.6 cm³/mol. The largest absolute Gasteiger partial charge is 0.353 e. The SMILES string of the molecule is Clc1cncc(Cl)c1COC1CCCCO1. The average Bonchev–Trinajstić information content (AvgIpc) is 2.30. The van der Waals surface area contributed by atoms with Gasteiger partial charge >= 0.3 is 0 Å². The van der Waals surface area contributed by atoms with Crippen LogP contribution in [-0.2, 0) is 16.1 Å². The topological polar surface area (TPSA) is 31.4 Å². The minimum absolute atomic E-state index is 0.131. The van der Waals surface area contributed by atoms with Gasteiger partial charge in [0, 0.05) is 24.6 Å². The summed E-state index contributed by atoms with van der Waals surface area (Å²) in [4.78, 5) is 3.89. The monoisotopic (exact) mass is 261 g/mol. The summed E-state index contributed by atoms with van der Waals surface area (Å²) in [5.41, 5.74) is 0.771. The smallest absolute Gasteiger partial charge is 0.158 e. The Morgan fingerprint density at radius 1 is 1.31 bits per heavy atom. The Hall–Kier alpha value is -0.350.